The van der Waals surface area contributed by atoms with Crippen LogP contribution in [0.2, 0.25) is 5.02 Å². The molecule has 0 aliphatic carbocycles. The molecule has 1 heterocycles. The second kappa shape index (κ2) is 4.94. The topological polar surface area (TPSA) is 38.5 Å². The number of halogens is 1. The number of ether oxygens (including phenoxy) is 1. The second-order valence-electron chi connectivity index (χ2n) is 4.98. The number of benzene rings is 1. The van der Waals surface area contributed by atoms with Gasteiger partial charge in [-0.05, 0) is 31.8 Å². The Hall–Kier alpha value is -0.610. The Balaban J connectivity index is 2.32. The first kappa shape index (κ1) is 12.8. The molecular weight excluding hydrogens is 236 g/mol. The van der Waals surface area contributed by atoms with E-state index in [1.54, 1.807) is 0 Å². The monoisotopic (exact) mass is 254 g/mol. The Morgan fingerprint density at radius 3 is 2.29 bits per heavy atom. The first-order chi connectivity index (χ1) is 8.09. The van der Waals surface area contributed by atoms with Crippen molar-refractivity contribution in [1.82, 2.24) is 4.90 Å². The highest BCUT2D eigenvalue weighted by atomic mass is 35.5. The number of nitrogens with zero attached hydrogens (tertiary/aromatic N) is 1. The minimum absolute atomic E-state index is 0.0390. The van der Waals surface area contributed by atoms with E-state index in [9.17, 15) is 0 Å². The van der Waals surface area contributed by atoms with Crippen molar-refractivity contribution in [2.45, 2.75) is 6.04 Å². The predicted molar refractivity (Wildman–Crippen MR) is 70.2 cm³/mol. The molecule has 1 atom stereocenters. The largest absolute Gasteiger partial charge is 0.380 e. The van der Waals surface area contributed by atoms with E-state index in [0.717, 1.165) is 18.2 Å². The van der Waals surface area contributed by atoms with Gasteiger partial charge in [-0.1, -0.05) is 23.7 Å². The van der Waals surface area contributed by atoms with E-state index in [0.29, 0.717) is 6.54 Å². The molecule has 0 amide bonds. The molecule has 0 spiro atoms. The summed E-state index contributed by atoms with van der Waals surface area (Å²) in [6.07, 6.45) is 0. The molecule has 1 fully saturated rings. The Morgan fingerprint density at radius 1 is 1.35 bits per heavy atom. The van der Waals surface area contributed by atoms with Crippen LogP contribution in [0, 0.1) is 5.41 Å². The molecule has 1 aromatic rings. The lowest BCUT2D eigenvalue weighted by Gasteiger charge is -2.49. The van der Waals surface area contributed by atoms with Crippen LogP contribution in [-0.2, 0) is 4.74 Å². The van der Waals surface area contributed by atoms with Crippen LogP contribution in [0.1, 0.15) is 11.6 Å². The van der Waals surface area contributed by atoms with Gasteiger partial charge in [0.2, 0.25) is 0 Å². The van der Waals surface area contributed by atoms with Crippen LogP contribution in [0.15, 0.2) is 24.3 Å². The van der Waals surface area contributed by atoms with Crippen LogP contribution >= 0.6 is 11.6 Å². The minimum atomic E-state index is 0.0390. The van der Waals surface area contributed by atoms with Crippen molar-refractivity contribution in [2.75, 3.05) is 33.9 Å². The number of hydrogen-bond acceptors (Lipinski definition) is 3. The summed E-state index contributed by atoms with van der Waals surface area (Å²) in [7, 11) is 4.16. The Bertz CT molecular complexity index is 368. The van der Waals surface area contributed by atoms with Gasteiger partial charge >= 0.3 is 0 Å². The second-order valence-corrected chi connectivity index (χ2v) is 5.41. The molecule has 1 saturated heterocycles. The molecule has 1 unspecified atom stereocenters. The zero-order valence-electron chi connectivity index (χ0n) is 10.3. The number of hydrogen-bond donors (Lipinski definition) is 1. The van der Waals surface area contributed by atoms with Crippen LogP contribution in [0.3, 0.4) is 0 Å². The summed E-state index contributed by atoms with van der Waals surface area (Å²) < 4.78 is 5.37. The van der Waals surface area contributed by atoms with Gasteiger partial charge in [-0.3, -0.25) is 0 Å². The van der Waals surface area contributed by atoms with Crippen LogP contribution < -0.4 is 5.73 Å². The highest BCUT2D eigenvalue weighted by Crippen LogP contribution is 2.42. The molecule has 1 aromatic carbocycles. The van der Waals surface area contributed by atoms with E-state index in [-0.39, 0.29) is 11.5 Å². The van der Waals surface area contributed by atoms with Crippen molar-refractivity contribution in [3.05, 3.63) is 34.9 Å². The molecule has 4 heteroatoms. The highest BCUT2D eigenvalue weighted by Gasteiger charge is 2.46. The van der Waals surface area contributed by atoms with Crippen LogP contribution in [0.5, 0.6) is 0 Å². The normalized spacial score (nSPS) is 20.1. The summed E-state index contributed by atoms with van der Waals surface area (Å²) >= 11 is 5.93. The van der Waals surface area contributed by atoms with E-state index in [1.807, 2.05) is 12.1 Å². The fourth-order valence-electron chi connectivity index (χ4n) is 2.60. The smallest absolute Gasteiger partial charge is 0.0575 e. The van der Waals surface area contributed by atoms with Crippen LogP contribution in [-0.4, -0.2) is 38.8 Å². The molecule has 2 rings (SSSR count). The van der Waals surface area contributed by atoms with Gasteiger partial charge in [0.1, 0.15) is 0 Å². The van der Waals surface area contributed by atoms with Gasteiger partial charge in [-0.15, -0.1) is 0 Å². The lowest BCUT2D eigenvalue weighted by Crippen LogP contribution is -2.55. The van der Waals surface area contributed by atoms with Crippen LogP contribution in [0.4, 0.5) is 0 Å². The summed E-state index contributed by atoms with van der Waals surface area (Å²) in [5.41, 5.74) is 7.22. The molecular formula is C13H19ClN2O. The summed E-state index contributed by atoms with van der Waals surface area (Å²) in [6, 6.07) is 8.28. The predicted octanol–water partition coefficient (Wildman–Crippen LogP) is 1.92. The quantitative estimate of drug-likeness (QED) is 0.892. The van der Waals surface area contributed by atoms with Gasteiger partial charge in [0.15, 0.2) is 0 Å². The first-order valence-electron chi connectivity index (χ1n) is 5.79. The molecule has 2 N–H and O–H groups in total. The van der Waals surface area contributed by atoms with Crippen molar-refractivity contribution >= 4 is 11.6 Å². The van der Waals surface area contributed by atoms with Crippen molar-refractivity contribution in [3.8, 4) is 0 Å². The standard InChI is InChI=1S/C13H19ClN2O/c1-16(2)12(13(7-15)8-17-9-13)10-3-5-11(14)6-4-10/h3-6,12H,7-9,15H2,1-2H3. The summed E-state index contributed by atoms with van der Waals surface area (Å²) in [5.74, 6) is 0. The maximum Gasteiger partial charge on any atom is 0.0575 e. The van der Waals surface area contributed by atoms with Crippen molar-refractivity contribution in [3.63, 3.8) is 0 Å². The third kappa shape index (κ3) is 2.33. The SMILES string of the molecule is CN(C)C(c1ccc(Cl)cc1)C1(CN)COC1. The Labute approximate surface area is 107 Å². The van der Waals surface area contributed by atoms with Crippen molar-refractivity contribution in [2.24, 2.45) is 11.1 Å². The van der Waals surface area contributed by atoms with Gasteiger partial charge in [0.05, 0.1) is 13.2 Å². The summed E-state index contributed by atoms with van der Waals surface area (Å²) in [5, 5.41) is 0.762. The fraction of sp³-hybridized carbons (Fsp3) is 0.538. The summed E-state index contributed by atoms with van der Waals surface area (Å²) in [4.78, 5) is 2.21. The fourth-order valence-corrected chi connectivity index (χ4v) is 2.72. The molecule has 0 saturated carbocycles. The molecule has 0 radical (unpaired) electrons. The molecule has 0 aromatic heterocycles. The average molecular weight is 255 g/mol. The van der Waals surface area contributed by atoms with Gasteiger partial charge in [-0.2, -0.15) is 0 Å². The lowest BCUT2D eigenvalue weighted by molar-refractivity contribution is -0.145. The zero-order chi connectivity index (χ0) is 12.5. The lowest BCUT2D eigenvalue weighted by atomic mass is 9.74. The molecule has 1 aliphatic rings. The van der Waals surface area contributed by atoms with E-state index in [2.05, 4.69) is 31.1 Å². The molecule has 1 aliphatic heterocycles. The van der Waals surface area contributed by atoms with Gasteiger partial charge in [-0.25, -0.2) is 0 Å². The van der Waals surface area contributed by atoms with Gasteiger partial charge < -0.3 is 15.4 Å². The minimum Gasteiger partial charge on any atom is -0.380 e. The van der Waals surface area contributed by atoms with Crippen molar-refractivity contribution < 1.29 is 4.74 Å². The Kier molecular flexibility index (Phi) is 3.73. The van der Waals surface area contributed by atoms with Gasteiger partial charge in [0, 0.05) is 23.0 Å². The number of rotatable bonds is 4. The van der Waals surface area contributed by atoms with Crippen molar-refractivity contribution in [1.29, 1.82) is 0 Å². The van der Waals surface area contributed by atoms with E-state index >= 15 is 0 Å². The molecule has 3 nitrogen and oxygen atoms in total. The number of nitrogens with two attached hydrogens (primary N) is 1. The third-order valence-electron chi connectivity index (χ3n) is 3.47. The van der Waals surface area contributed by atoms with E-state index in [4.69, 9.17) is 22.1 Å². The molecule has 94 valence electrons. The van der Waals surface area contributed by atoms with E-state index in [1.165, 1.54) is 5.56 Å². The molecule has 17 heavy (non-hydrogen) atoms. The van der Waals surface area contributed by atoms with E-state index < -0.39 is 0 Å². The molecule has 0 bridgehead atoms. The van der Waals surface area contributed by atoms with Crippen LogP contribution in [0.25, 0.3) is 0 Å². The maximum atomic E-state index is 5.94. The zero-order valence-corrected chi connectivity index (χ0v) is 11.1. The summed E-state index contributed by atoms with van der Waals surface area (Å²) in [6.45, 7) is 2.10. The van der Waals surface area contributed by atoms with Gasteiger partial charge in [0.25, 0.3) is 0 Å². The average Bonchev–Trinajstić information content (AvgIpc) is 2.24. The highest BCUT2D eigenvalue weighted by molar-refractivity contribution is 6.30. The third-order valence-corrected chi connectivity index (χ3v) is 3.72. The first-order valence-corrected chi connectivity index (χ1v) is 6.16. The maximum absolute atomic E-state index is 5.94. The Morgan fingerprint density at radius 2 is 1.94 bits per heavy atom.